The molecule has 2 aliphatic carbocycles. The smallest absolute Gasteiger partial charge is 0.000107 e. The summed E-state index contributed by atoms with van der Waals surface area (Å²) in [6.07, 6.45) is 7.23. The van der Waals surface area contributed by atoms with Crippen molar-refractivity contribution in [2.75, 3.05) is 0 Å². The van der Waals surface area contributed by atoms with Crippen LogP contribution in [0.4, 0.5) is 0 Å². The normalized spacial score (nSPS) is 26.8. The fourth-order valence-electron chi connectivity index (χ4n) is 3.54. The lowest BCUT2D eigenvalue weighted by atomic mass is 9.62. The van der Waals surface area contributed by atoms with Crippen LogP contribution in [-0.4, -0.2) is 0 Å². The molecule has 0 aromatic heterocycles. The maximum atomic E-state index is 2.50. The van der Waals surface area contributed by atoms with Gasteiger partial charge in [0.05, 0.1) is 0 Å². The number of benzene rings is 1. The summed E-state index contributed by atoms with van der Waals surface area (Å²) < 4.78 is 0. The first-order valence-corrected chi connectivity index (χ1v) is 7.18. The van der Waals surface area contributed by atoms with E-state index in [1.165, 1.54) is 24.0 Å². The van der Waals surface area contributed by atoms with Gasteiger partial charge in [0, 0.05) is 0 Å². The van der Waals surface area contributed by atoms with E-state index in [1.807, 2.05) is 0 Å². The lowest BCUT2D eigenvalue weighted by Crippen LogP contribution is -2.34. The van der Waals surface area contributed by atoms with Crippen LogP contribution in [0.5, 0.6) is 0 Å². The standard InChI is InChI=1S/C18H24/c1-12-6-7-13-10-15-16(11-14(12)13)18(4,5)9-8-17(15,2)3/h6-7,10-12H,8-9H2,1-5H3. The van der Waals surface area contributed by atoms with Gasteiger partial charge >= 0.3 is 0 Å². The highest BCUT2D eigenvalue weighted by Gasteiger charge is 2.38. The summed E-state index contributed by atoms with van der Waals surface area (Å²) >= 11 is 0. The fourth-order valence-corrected chi connectivity index (χ4v) is 3.54. The Morgan fingerprint density at radius 3 is 2.11 bits per heavy atom. The van der Waals surface area contributed by atoms with Gasteiger partial charge in [-0.05, 0) is 51.8 Å². The van der Waals surface area contributed by atoms with E-state index < -0.39 is 0 Å². The molecule has 0 radical (unpaired) electrons. The first kappa shape index (κ1) is 12.0. The van der Waals surface area contributed by atoms with E-state index in [2.05, 4.69) is 58.9 Å². The zero-order chi connectivity index (χ0) is 13.1. The van der Waals surface area contributed by atoms with Crippen LogP contribution in [0, 0.1) is 0 Å². The lowest BCUT2D eigenvalue weighted by Gasteiger charge is -2.42. The monoisotopic (exact) mass is 240 g/mol. The minimum Gasteiger partial charge on any atom is -0.0767 e. The Labute approximate surface area is 111 Å². The van der Waals surface area contributed by atoms with Crippen molar-refractivity contribution < 1.29 is 0 Å². The van der Waals surface area contributed by atoms with Crippen LogP contribution in [0.2, 0.25) is 0 Å². The number of hydrogen-bond donors (Lipinski definition) is 0. The molecule has 0 heteroatoms. The molecule has 0 nitrogen and oxygen atoms in total. The molecule has 1 aromatic rings. The van der Waals surface area contributed by atoms with Crippen molar-refractivity contribution in [2.24, 2.45) is 0 Å². The van der Waals surface area contributed by atoms with Crippen LogP contribution in [0.3, 0.4) is 0 Å². The molecule has 96 valence electrons. The molecule has 0 fully saturated rings. The molecule has 3 rings (SSSR count). The van der Waals surface area contributed by atoms with Crippen molar-refractivity contribution in [3.8, 4) is 0 Å². The van der Waals surface area contributed by atoms with Gasteiger partial charge in [-0.2, -0.15) is 0 Å². The predicted molar refractivity (Wildman–Crippen MR) is 79.2 cm³/mol. The summed E-state index contributed by atoms with van der Waals surface area (Å²) in [5.74, 6) is 0.589. The second kappa shape index (κ2) is 3.50. The third-order valence-corrected chi connectivity index (χ3v) is 5.11. The Balaban J connectivity index is 2.26. The van der Waals surface area contributed by atoms with E-state index in [9.17, 15) is 0 Å². The van der Waals surface area contributed by atoms with Crippen LogP contribution >= 0.6 is 0 Å². The third-order valence-electron chi connectivity index (χ3n) is 5.11. The molecule has 2 aliphatic rings. The summed E-state index contributed by atoms with van der Waals surface area (Å²) in [7, 11) is 0. The Bertz CT molecular complexity index is 529. The summed E-state index contributed by atoms with van der Waals surface area (Å²) in [5, 5.41) is 0. The van der Waals surface area contributed by atoms with Crippen molar-refractivity contribution >= 4 is 6.08 Å². The van der Waals surface area contributed by atoms with Gasteiger partial charge in [0.15, 0.2) is 0 Å². The molecule has 0 N–H and O–H groups in total. The van der Waals surface area contributed by atoms with Crippen molar-refractivity contribution in [3.05, 3.63) is 40.5 Å². The molecule has 1 unspecified atom stereocenters. The summed E-state index contributed by atoms with van der Waals surface area (Å²) in [6.45, 7) is 11.9. The van der Waals surface area contributed by atoms with Gasteiger partial charge in [0.2, 0.25) is 0 Å². The lowest BCUT2D eigenvalue weighted by molar-refractivity contribution is 0.331. The maximum absolute atomic E-state index is 2.50. The molecule has 0 bridgehead atoms. The van der Waals surface area contributed by atoms with Crippen LogP contribution in [0.1, 0.15) is 75.6 Å². The van der Waals surface area contributed by atoms with Crippen molar-refractivity contribution in [1.29, 1.82) is 0 Å². The SMILES string of the molecule is CC1C=Cc2cc3c(cc21)C(C)(C)CCC3(C)C. The van der Waals surface area contributed by atoms with Crippen LogP contribution < -0.4 is 0 Å². The summed E-state index contributed by atoms with van der Waals surface area (Å²) in [5.41, 5.74) is 6.82. The average Bonchev–Trinajstić information content (AvgIpc) is 2.66. The first-order chi connectivity index (χ1) is 8.31. The van der Waals surface area contributed by atoms with Gasteiger partial charge < -0.3 is 0 Å². The zero-order valence-electron chi connectivity index (χ0n) is 12.3. The summed E-state index contributed by atoms with van der Waals surface area (Å²) in [4.78, 5) is 0. The van der Waals surface area contributed by atoms with Crippen molar-refractivity contribution in [1.82, 2.24) is 0 Å². The van der Waals surface area contributed by atoms with Gasteiger partial charge in [0.1, 0.15) is 0 Å². The number of hydrogen-bond acceptors (Lipinski definition) is 0. The molecular weight excluding hydrogens is 216 g/mol. The fraction of sp³-hybridized carbons (Fsp3) is 0.556. The zero-order valence-corrected chi connectivity index (χ0v) is 12.3. The molecular formula is C18H24. The third kappa shape index (κ3) is 1.58. The molecule has 0 spiro atoms. The Hall–Kier alpha value is -1.04. The molecule has 0 amide bonds. The van der Waals surface area contributed by atoms with Gasteiger partial charge in [-0.15, -0.1) is 0 Å². The van der Waals surface area contributed by atoms with E-state index >= 15 is 0 Å². The maximum Gasteiger partial charge on any atom is -0.000107 e. The van der Waals surface area contributed by atoms with E-state index in [-0.39, 0.29) is 0 Å². The highest BCUT2D eigenvalue weighted by Crippen LogP contribution is 2.48. The Morgan fingerprint density at radius 1 is 0.944 bits per heavy atom. The molecule has 18 heavy (non-hydrogen) atoms. The molecule has 1 atom stereocenters. The van der Waals surface area contributed by atoms with Gasteiger partial charge in [-0.1, -0.05) is 58.9 Å². The first-order valence-electron chi connectivity index (χ1n) is 7.18. The van der Waals surface area contributed by atoms with Crippen molar-refractivity contribution in [3.63, 3.8) is 0 Å². The van der Waals surface area contributed by atoms with E-state index in [4.69, 9.17) is 0 Å². The highest BCUT2D eigenvalue weighted by molar-refractivity contribution is 5.65. The molecule has 0 heterocycles. The van der Waals surface area contributed by atoms with E-state index in [1.54, 1.807) is 11.1 Å². The Kier molecular flexibility index (Phi) is 2.33. The van der Waals surface area contributed by atoms with E-state index in [0.717, 1.165) is 0 Å². The minimum atomic E-state index is 0.333. The molecule has 0 saturated carbocycles. The number of rotatable bonds is 0. The minimum absolute atomic E-state index is 0.333. The van der Waals surface area contributed by atoms with Crippen LogP contribution in [0.25, 0.3) is 6.08 Å². The highest BCUT2D eigenvalue weighted by atomic mass is 14.4. The van der Waals surface area contributed by atoms with Gasteiger partial charge in [-0.25, -0.2) is 0 Å². The topological polar surface area (TPSA) is 0 Å². The van der Waals surface area contributed by atoms with Gasteiger partial charge in [0.25, 0.3) is 0 Å². The second-order valence-electron chi connectivity index (χ2n) is 7.44. The Morgan fingerprint density at radius 2 is 1.50 bits per heavy atom. The molecule has 0 saturated heterocycles. The van der Waals surface area contributed by atoms with Crippen molar-refractivity contribution in [2.45, 2.75) is 64.2 Å². The summed E-state index contributed by atoms with van der Waals surface area (Å²) in [6, 6.07) is 4.96. The largest absolute Gasteiger partial charge is 0.0767 e. The number of allylic oxidation sites excluding steroid dienone is 1. The van der Waals surface area contributed by atoms with Crippen LogP contribution in [-0.2, 0) is 10.8 Å². The van der Waals surface area contributed by atoms with Gasteiger partial charge in [-0.3, -0.25) is 0 Å². The second-order valence-corrected chi connectivity index (χ2v) is 7.44. The number of fused-ring (bicyclic) bond motifs is 2. The molecule has 0 aliphatic heterocycles. The molecule has 1 aromatic carbocycles. The van der Waals surface area contributed by atoms with E-state index in [0.29, 0.717) is 16.7 Å². The predicted octanol–water partition coefficient (Wildman–Crippen LogP) is 5.17. The quantitative estimate of drug-likeness (QED) is 0.587. The average molecular weight is 240 g/mol. The van der Waals surface area contributed by atoms with Crippen LogP contribution in [0.15, 0.2) is 18.2 Å².